The van der Waals surface area contributed by atoms with Crippen molar-refractivity contribution in [3.05, 3.63) is 82.4 Å². The van der Waals surface area contributed by atoms with Crippen molar-refractivity contribution >= 4 is 22.3 Å². The van der Waals surface area contributed by atoms with E-state index in [1.54, 1.807) is 18.2 Å². The van der Waals surface area contributed by atoms with Gasteiger partial charge in [-0.3, -0.25) is 9.59 Å². The van der Waals surface area contributed by atoms with Gasteiger partial charge in [0.25, 0.3) is 0 Å². The average Bonchev–Trinajstić information content (AvgIpc) is 2.51. The first-order chi connectivity index (χ1) is 10.2. The normalized spacial score (nSPS) is 13.2. The highest BCUT2D eigenvalue weighted by atomic mass is 16.1. The van der Waals surface area contributed by atoms with E-state index in [2.05, 4.69) is 0 Å². The second kappa shape index (κ2) is 4.13. The van der Waals surface area contributed by atoms with Crippen LogP contribution in [-0.4, -0.2) is 11.6 Å². The fourth-order valence-corrected chi connectivity index (χ4v) is 3.03. The van der Waals surface area contributed by atoms with Crippen molar-refractivity contribution in [3.8, 4) is 0 Å². The van der Waals surface area contributed by atoms with Crippen LogP contribution in [0.3, 0.4) is 0 Å². The molecule has 3 aromatic carbocycles. The molecule has 4 rings (SSSR count). The average molecular weight is 272 g/mol. The second-order valence-electron chi connectivity index (χ2n) is 5.42. The number of hydrogen-bond acceptors (Lipinski definition) is 2. The van der Waals surface area contributed by atoms with Gasteiger partial charge in [0.15, 0.2) is 11.6 Å². The van der Waals surface area contributed by atoms with Crippen molar-refractivity contribution in [1.82, 2.24) is 0 Å². The molecule has 0 N–H and O–H groups in total. The van der Waals surface area contributed by atoms with Gasteiger partial charge in [-0.15, -0.1) is 0 Å². The molecule has 2 nitrogen and oxygen atoms in total. The molecule has 100 valence electrons. The van der Waals surface area contributed by atoms with Crippen LogP contribution in [0.25, 0.3) is 10.8 Å². The van der Waals surface area contributed by atoms with Crippen LogP contribution in [-0.2, 0) is 0 Å². The van der Waals surface area contributed by atoms with Gasteiger partial charge in [-0.05, 0) is 29.8 Å². The minimum Gasteiger partial charge on any atom is -0.289 e. The Morgan fingerprint density at radius 1 is 0.714 bits per heavy atom. The van der Waals surface area contributed by atoms with E-state index in [4.69, 9.17) is 0 Å². The molecule has 0 radical (unpaired) electrons. The number of rotatable bonds is 0. The molecule has 2 heteroatoms. The van der Waals surface area contributed by atoms with Crippen molar-refractivity contribution in [2.24, 2.45) is 0 Å². The number of hydrogen-bond donors (Lipinski definition) is 0. The summed E-state index contributed by atoms with van der Waals surface area (Å²) < 4.78 is 0. The molecule has 0 atom stereocenters. The van der Waals surface area contributed by atoms with E-state index in [1.807, 2.05) is 43.3 Å². The Balaban J connectivity index is 2.11. The van der Waals surface area contributed by atoms with Gasteiger partial charge in [0.2, 0.25) is 0 Å². The predicted octanol–water partition coefficient (Wildman–Crippen LogP) is 3.92. The molecular weight excluding hydrogens is 260 g/mol. The summed E-state index contributed by atoms with van der Waals surface area (Å²) in [6, 6.07) is 16.8. The molecule has 21 heavy (non-hydrogen) atoms. The van der Waals surface area contributed by atoms with E-state index < -0.39 is 0 Å². The van der Waals surface area contributed by atoms with E-state index in [-0.39, 0.29) is 11.6 Å². The molecule has 3 aromatic rings. The topological polar surface area (TPSA) is 34.1 Å². The molecule has 1 aliphatic carbocycles. The highest BCUT2D eigenvalue weighted by Crippen LogP contribution is 2.32. The maximum Gasteiger partial charge on any atom is 0.195 e. The van der Waals surface area contributed by atoms with Crippen LogP contribution >= 0.6 is 0 Å². The van der Waals surface area contributed by atoms with E-state index in [1.165, 1.54) is 0 Å². The molecule has 0 aliphatic heterocycles. The van der Waals surface area contributed by atoms with Gasteiger partial charge in [-0.1, -0.05) is 48.0 Å². The third kappa shape index (κ3) is 1.59. The molecule has 0 amide bonds. The quantitative estimate of drug-likeness (QED) is 0.486. The molecular formula is C19H12O2. The van der Waals surface area contributed by atoms with Gasteiger partial charge in [0.1, 0.15) is 0 Å². The van der Waals surface area contributed by atoms with E-state index >= 15 is 0 Å². The summed E-state index contributed by atoms with van der Waals surface area (Å²) in [6.45, 7) is 1.92. The Hall–Kier alpha value is -2.74. The molecule has 0 aromatic heterocycles. The van der Waals surface area contributed by atoms with Crippen molar-refractivity contribution in [2.75, 3.05) is 0 Å². The fourth-order valence-electron chi connectivity index (χ4n) is 3.03. The van der Waals surface area contributed by atoms with Crippen LogP contribution in [0.5, 0.6) is 0 Å². The summed E-state index contributed by atoms with van der Waals surface area (Å²) in [6.07, 6.45) is 0. The van der Waals surface area contributed by atoms with Crippen molar-refractivity contribution in [3.63, 3.8) is 0 Å². The molecule has 0 saturated heterocycles. The smallest absolute Gasteiger partial charge is 0.195 e. The van der Waals surface area contributed by atoms with Crippen LogP contribution in [0.1, 0.15) is 37.4 Å². The van der Waals surface area contributed by atoms with Gasteiger partial charge >= 0.3 is 0 Å². The third-order valence-corrected chi connectivity index (χ3v) is 4.07. The van der Waals surface area contributed by atoms with Crippen LogP contribution in [0, 0.1) is 6.92 Å². The highest BCUT2D eigenvalue weighted by molar-refractivity contribution is 6.32. The largest absolute Gasteiger partial charge is 0.289 e. The molecule has 0 bridgehead atoms. The van der Waals surface area contributed by atoms with Crippen LogP contribution in [0.4, 0.5) is 0 Å². The summed E-state index contributed by atoms with van der Waals surface area (Å²) in [4.78, 5) is 25.5. The van der Waals surface area contributed by atoms with Gasteiger partial charge < -0.3 is 0 Å². The first kappa shape index (κ1) is 12.0. The lowest BCUT2D eigenvalue weighted by atomic mass is 9.81. The maximum atomic E-state index is 12.8. The highest BCUT2D eigenvalue weighted by Gasteiger charge is 2.30. The number of aryl methyl sites for hydroxylation is 1. The third-order valence-electron chi connectivity index (χ3n) is 4.07. The lowest BCUT2D eigenvalue weighted by Crippen LogP contribution is -2.21. The second-order valence-corrected chi connectivity index (χ2v) is 5.42. The molecule has 0 spiro atoms. The Morgan fingerprint density at radius 3 is 2.33 bits per heavy atom. The first-order valence-corrected chi connectivity index (χ1v) is 6.88. The van der Waals surface area contributed by atoms with Crippen molar-refractivity contribution in [2.45, 2.75) is 6.92 Å². The zero-order valence-electron chi connectivity index (χ0n) is 11.5. The number of fused-ring (bicyclic) bond motifs is 4. The Morgan fingerprint density at radius 2 is 1.48 bits per heavy atom. The number of carbonyl (C=O) groups is 2. The number of carbonyl (C=O) groups excluding carboxylic acids is 2. The Bertz CT molecular complexity index is 935. The minimum atomic E-state index is -0.0611. The predicted molar refractivity (Wildman–Crippen MR) is 82.0 cm³/mol. The molecule has 0 heterocycles. The Kier molecular flexibility index (Phi) is 2.36. The number of benzene rings is 3. The monoisotopic (exact) mass is 272 g/mol. The summed E-state index contributed by atoms with van der Waals surface area (Å²) in [7, 11) is 0. The molecule has 0 unspecified atom stereocenters. The van der Waals surface area contributed by atoms with Gasteiger partial charge in [-0.25, -0.2) is 0 Å². The zero-order chi connectivity index (χ0) is 14.6. The standard InChI is InChI=1S/C19H12O2/c1-11-6-8-14-16(10-11)18(20)15-9-7-12-4-2-3-5-13(12)17(15)19(14)21/h2-10H,1H3. The summed E-state index contributed by atoms with van der Waals surface area (Å²) in [5, 5.41) is 1.83. The fraction of sp³-hybridized carbons (Fsp3) is 0.0526. The summed E-state index contributed by atoms with van der Waals surface area (Å²) in [5.74, 6) is -0.120. The SMILES string of the molecule is Cc1ccc2c(c1)C(=O)c1ccc3ccccc3c1C2=O. The van der Waals surface area contributed by atoms with Crippen LogP contribution < -0.4 is 0 Å². The van der Waals surface area contributed by atoms with Crippen LogP contribution in [0.15, 0.2) is 54.6 Å². The number of ketones is 2. The minimum absolute atomic E-state index is 0.0589. The Labute approximate surface area is 122 Å². The maximum absolute atomic E-state index is 12.8. The molecule has 0 fully saturated rings. The van der Waals surface area contributed by atoms with E-state index in [9.17, 15) is 9.59 Å². The van der Waals surface area contributed by atoms with Crippen molar-refractivity contribution in [1.29, 1.82) is 0 Å². The van der Waals surface area contributed by atoms with Gasteiger partial charge in [-0.2, -0.15) is 0 Å². The first-order valence-electron chi connectivity index (χ1n) is 6.88. The van der Waals surface area contributed by atoms with Crippen LogP contribution in [0.2, 0.25) is 0 Å². The van der Waals surface area contributed by atoms with Gasteiger partial charge in [0, 0.05) is 22.3 Å². The van der Waals surface area contributed by atoms with E-state index in [0.29, 0.717) is 22.3 Å². The van der Waals surface area contributed by atoms with Gasteiger partial charge in [0.05, 0.1) is 0 Å². The van der Waals surface area contributed by atoms with Crippen molar-refractivity contribution < 1.29 is 9.59 Å². The molecule has 1 aliphatic rings. The summed E-state index contributed by atoms with van der Waals surface area (Å²) >= 11 is 0. The zero-order valence-corrected chi connectivity index (χ0v) is 11.5. The lowest BCUT2D eigenvalue weighted by molar-refractivity contribution is 0.0980. The summed E-state index contributed by atoms with van der Waals surface area (Å²) in [5.41, 5.74) is 3.06. The lowest BCUT2D eigenvalue weighted by Gasteiger charge is -2.19. The molecule has 0 saturated carbocycles. The van der Waals surface area contributed by atoms with E-state index in [0.717, 1.165) is 16.3 Å².